The predicted octanol–water partition coefficient (Wildman–Crippen LogP) is -0.860. The van der Waals surface area contributed by atoms with Crippen LogP contribution in [-0.2, 0) is 13.1 Å². The van der Waals surface area contributed by atoms with Gasteiger partial charge in [0.2, 0.25) is 0 Å². The minimum atomic E-state index is -1.40. The van der Waals surface area contributed by atoms with E-state index in [0.29, 0.717) is 11.1 Å². The molecule has 0 spiro atoms. The summed E-state index contributed by atoms with van der Waals surface area (Å²) < 4.78 is 0. The highest BCUT2D eigenvalue weighted by Crippen LogP contribution is 2.16. The Morgan fingerprint density at radius 1 is 1.31 bits per heavy atom. The molecule has 0 aliphatic heterocycles. The maximum absolute atomic E-state index is 11.7. The summed E-state index contributed by atoms with van der Waals surface area (Å²) in [5.41, 5.74) is 12.8. The molecule has 0 saturated carbocycles. The van der Waals surface area contributed by atoms with Crippen LogP contribution in [0.4, 0.5) is 0 Å². The summed E-state index contributed by atoms with van der Waals surface area (Å²) in [7, 11) is 0. The standard InChI is InChI=1S/C11H16N2O3/c12-4-7-2-1-3-8(9(7)5-13)11(16)10(15)6-14/h1-3,10,14-15H,4-6,12-13H2. The van der Waals surface area contributed by atoms with E-state index in [-0.39, 0.29) is 13.1 Å². The van der Waals surface area contributed by atoms with E-state index in [1.165, 1.54) is 0 Å². The number of aliphatic hydroxyl groups excluding tert-OH is 2. The lowest BCUT2D eigenvalue weighted by molar-refractivity contribution is 0.0586. The van der Waals surface area contributed by atoms with Crippen molar-refractivity contribution in [2.45, 2.75) is 19.2 Å². The summed E-state index contributed by atoms with van der Waals surface area (Å²) in [4.78, 5) is 11.7. The highest BCUT2D eigenvalue weighted by molar-refractivity contribution is 6.00. The first-order valence-electron chi connectivity index (χ1n) is 4.99. The molecule has 6 N–H and O–H groups in total. The van der Waals surface area contributed by atoms with Crippen molar-refractivity contribution in [3.63, 3.8) is 0 Å². The van der Waals surface area contributed by atoms with E-state index in [4.69, 9.17) is 16.6 Å². The molecule has 0 fully saturated rings. The van der Waals surface area contributed by atoms with Crippen LogP contribution in [0.5, 0.6) is 0 Å². The van der Waals surface area contributed by atoms with Crippen LogP contribution in [0.15, 0.2) is 18.2 Å². The first kappa shape index (κ1) is 12.8. The van der Waals surface area contributed by atoms with Gasteiger partial charge in [-0.1, -0.05) is 18.2 Å². The molecule has 0 amide bonds. The number of ketones is 1. The third-order valence-electron chi connectivity index (χ3n) is 2.44. The van der Waals surface area contributed by atoms with E-state index in [1.807, 2.05) is 0 Å². The molecule has 5 heteroatoms. The molecule has 0 aliphatic rings. The molecule has 16 heavy (non-hydrogen) atoms. The average Bonchev–Trinajstić information content (AvgIpc) is 2.35. The van der Waals surface area contributed by atoms with E-state index in [9.17, 15) is 9.90 Å². The molecule has 0 aromatic heterocycles. The van der Waals surface area contributed by atoms with E-state index in [2.05, 4.69) is 0 Å². The van der Waals surface area contributed by atoms with Crippen molar-refractivity contribution < 1.29 is 15.0 Å². The van der Waals surface area contributed by atoms with Gasteiger partial charge in [-0.3, -0.25) is 4.79 Å². The molecular formula is C11H16N2O3. The molecule has 0 saturated heterocycles. The zero-order valence-corrected chi connectivity index (χ0v) is 8.89. The van der Waals surface area contributed by atoms with E-state index >= 15 is 0 Å². The van der Waals surface area contributed by atoms with Crippen LogP contribution < -0.4 is 11.5 Å². The maximum Gasteiger partial charge on any atom is 0.193 e. The van der Waals surface area contributed by atoms with Gasteiger partial charge in [-0.2, -0.15) is 0 Å². The number of hydrogen-bond acceptors (Lipinski definition) is 5. The molecule has 0 radical (unpaired) electrons. The lowest BCUT2D eigenvalue weighted by Gasteiger charge is -2.13. The van der Waals surface area contributed by atoms with Gasteiger partial charge in [0, 0.05) is 18.7 Å². The van der Waals surface area contributed by atoms with Gasteiger partial charge < -0.3 is 21.7 Å². The maximum atomic E-state index is 11.7. The van der Waals surface area contributed by atoms with E-state index < -0.39 is 18.5 Å². The van der Waals surface area contributed by atoms with Gasteiger partial charge in [0.15, 0.2) is 5.78 Å². The van der Waals surface area contributed by atoms with Crippen molar-refractivity contribution in [1.29, 1.82) is 0 Å². The van der Waals surface area contributed by atoms with Crippen molar-refractivity contribution in [3.05, 3.63) is 34.9 Å². The molecule has 1 rings (SSSR count). The Balaban J connectivity index is 3.17. The smallest absolute Gasteiger partial charge is 0.193 e. The molecule has 0 bridgehead atoms. The molecule has 88 valence electrons. The van der Waals surface area contributed by atoms with Crippen LogP contribution in [-0.4, -0.2) is 28.7 Å². The fraction of sp³-hybridized carbons (Fsp3) is 0.364. The summed E-state index contributed by atoms with van der Waals surface area (Å²) in [6.07, 6.45) is -1.40. The second-order valence-corrected chi connectivity index (χ2v) is 3.41. The number of hydrogen-bond donors (Lipinski definition) is 4. The zero-order valence-electron chi connectivity index (χ0n) is 8.89. The molecule has 5 nitrogen and oxygen atoms in total. The number of carbonyl (C=O) groups excluding carboxylic acids is 1. The molecule has 0 aliphatic carbocycles. The second-order valence-electron chi connectivity index (χ2n) is 3.41. The van der Waals surface area contributed by atoms with Crippen LogP contribution in [0.3, 0.4) is 0 Å². The summed E-state index contributed by atoms with van der Waals surface area (Å²) in [5.74, 6) is -0.529. The number of Topliss-reactive ketones (excluding diaryl/α,β-unsaturated/α-hetero) is 1. The molecule has 1 unspecified atom stereocenters. The Morgan fingerprint density at radius 2 is 2.00 bits per heavy atom. The Kier molecular flexibility index (Phi) is 4.57. The zero-order chi connectivity index (χ0) is 12.1. The second kappa shape index (κ2) is 5.72. The number of nitrogens with two attached hydrogens (primary N) is 2. The summed E-state index contributed by atoms with van der Waals surface area (Å²) >= 11 is 0. The molecule has 1 atom stereocenters. The molecule has 0 heterocycles. The highest BCUT2D eigenvalue weighted by atomic mass is 16.3. The molecule has 1 aromatic rings. The monoisotopic (exact) mass is 224 g/mol. The quantitative estimate of drug-likeness (QED) is 0.486. The number of carbonyl (C=O) groups is 1. The Morgan fingerprint density at radius 3 is 2.50 bits per heavy atom. The SMILES string of the molecule is NCc1cccc(C(=O)C(O)CO)c1CN. The van der Waals surface area contributed by atoms with Crippen molar-refractivity contribution >= 4 is 5.78 Å². The van der Waals surface area contributed by atoms with Gasteiger partial charge in [0.25, 0.3) is 0 Å². The number of rotatable bonds is 5. The predicted molar refractivity (Wildman–Crippen MR) is 59.6 cm³/mol. The van der Waals surface area contributed by atoms with Crippen LogP contribution in [0.2, 0.25) is 0 Å². The van der Waals surface area contributed by atoms with Gasteiger partial charge in [-0.25, -0.2) is 0 Å². The van der Waals surface area contributed by atoms with E-state index in [0.717, 1.165) is 5.56 Å². The topological polar surface area (TPSA) is 110 Å². The molecular weight excluding hydrogens is 208 g/mol. The largest absolute Gasteiger partial charge is 0.393 e. The van der Waals surface area contributed by atoms with Crippen molar-refractivity contribution in [3.8, 4) is 0 Å². The number of benzene rings is 1. The van der Waals surface area contributed by atoms with Crippen LogP contribution in [0, 0.1) is 0 Å². The van der Waals surface area contributed by atoms with Crippen LogP contribution in [0.1, 0.15) is 21.5 Å². The first-order valence-corrected chi connectivity index (χ1v) is 4.99. The lowest BCUT2D eigenvalue weighted by atomic mass is 9.96. The molecule has 1 aromatic carbocycles. The van der Waals surface area contributed by atoms with Gasteiger partial charge >= 0.3 is 0 Å². The van der Waals surface area contributed by atoms with Gasteiger partial charge in [0.1, 0.15) is 6.10 Å². The van der Waals surface area contributed by atoms with Gasteiger partial charge in [-0.15, -0.1) is 0 Å². The van der Waals surface area contributed by atoms with Crippen LogP contribution >= 0.6 is 0 Å². The lowest BCUT2D eigenvalue weighted by Crippen LogP contribution is -2.26. The fourth-order valence-electron chi connectivity index (χ4n) is 1.56. The van der Waals surface area contributed by atoms with Crippen LogP contribution in [0.25, 0.3) is 0 Å². The Hall–Kier alpha value is -1.27. The van der Waals surface area contributed by atoms with Crippen molar-refractivity contribution in [1.82, 2.24) is 0 Å². The Labute approximate surface area is 93.7 Å². The number of aliphatic hydroxyl groups is 2. The summed E-state index contributed by atoms with van der Waals surface area (Å²) in [5, 5.41) is 18.0. The minimum absolute atomic E-state index is 0.173. The van der Waals surface area contributed by atoms with Gasteiger partial charge in [-0.05, 0) is 11.1 Å². The third-order valence-corrected chi connectivity index (χ3v) is 2.44. The normalized spacial score (nSPS) is 12.5. The van der Waals surface area contributed by atoms with E-state index in [1.54, 1.807) is 18.2 Å². The average molecular weight is 224 g/mol. The van der Waals surface area contributed by atoms with Gasteiger partial charge in [0.05, 0.1) is 6.61 Å². The minimum Gasteiger partial charge on any atom is -0.393 e. The highest BCUT2D eigenvalue weighted by Gasteiger charge is 2.19. The fourth-order valence-corrected chi connectivity index (χ4v) is 1.56. The van der Waals surface area contributed by atoms with Crippen molar-refractivity contribution in [2.24, 2.45) is 11.5 Å². The summed E-state index contributed by atoms with van der Waals surface area (Å²) in [6.45, 7) is -0.148. The third kappa shape index (κ3) is 2.45. The summed E-state index contributed by atoms with van der Waals surface area (Å²) in [6, 6.07) is 5.03. The Bertz CT molecular complexity index is 379. The first-order chi connectivity index (χ1) is 7.65. The van der Waals surface area contributed by atoms with Crippen molar-refractivity contribution in [2.75, 3.05) is 6.61 Å².